The number of hydrogen-bond acceptors (Lipinski definition) is 4. The largest absolute Gasteiger partial charge is 0.388 e. The molecule has 1 aromatic heterocycles. The molecule has 0 aliphatic carbocycles. The Morgan fingerprint density at radius 3 is 2.88 bits per heavy atom. The second kappa shape index (κ2) is 6.49. The first kappa shape index (κ1) is 14.6. The Hall–Kier alpha value is -0.430. The van der Waals surface area contributed by atoms with Crippen LogP contribution in [0.4, 0.5) is 0 Å². The monoisotopic (exact) mass is 321 g/mol. The molecule has 0 saturated carbocycles. The highest BCUT2D eigenvalue weighted by molar-refractivity contribution is 9.11. The van der Waals surface area contributed by atoms with E-state index in [1.165, 1.54) is 11.3 Å². The number of nitrogens with one attached hydrogen (secondary N) is 1. The van der Waals surface area contributed by atoms with E-state index in [4.69, 9.17) is 4.74 Å². The van der Waals surface area contributed by atoms with Crippen LogP contribution in [0.5, 0.6) is 0 Å². The highest BCUT2D eigenvalue weighted by Gasteiger charge is 2.21. The van der Waals surface area contributed by atoms with Gasteiger partial charge in [0, 0.05) is 26.7 Å². The molecule has 0 bridgehead atoms. The highest BCUT2D eigenvalue weighted by Crippen LogP contribution is 2.22. The van der Waals surface area contributed by atoms with E-state index in [0.29, 0.717) is 17.9 Å². The van der Waals surface area contributed by atoms with Crippen LogP contribution >= 0.6 is 27.3 Å². The summed E-state index contributed by atoms with van der Waals surface area (Å²) in [5.41, 5.74) is -0.944. The molecule has 4 nitrogen and oxygen atoms in total. The number of amides is 1. The summed E-state index contributed by atoms with van der Waals surface area (Å²) in [6.45, 7) is 2.36. The molecule has 6 heteroatoms. The quantitative estimate of drug-likeness (QED) is 0.842. The molecule has 0 aliphatic rings. The lowest BCUT2D eigenvalue weighted by Gasteiger charge is -2.22. The maximum atomic E-state index is 11.7. The summed E-state index contributed by atoms with van der Waals surface area (Å²) >= 11 is 4.66. The summed E-state index contributed by atoms with van der Waals surface area (Å²) in [7, 11) is 1.58. The van der Waals surface area contributed by atoms with Crippen molar-refractivity contribution in [3.63, 3.8) is 0 Å². The van der Waals surface area contributed by atoms with Crippen molar-refractivity contribution in [3.8, 4) is 0 Å². The molecule has 0 aromatic carbocycles. The Labute approximate surface area is 113 Å². The summed E-state index contributed by atoms with van der Waals surface area (Å²) < 4.78 is 5.81. The first-order chi connectivity index (χ1) is 7.94. The van der Waals surface area contributed by atoms with Crippen molar-refractivity contribution in [3.05, 3.63) is 20.8 Å². The van der Waals surface area contributed by atoms with Crippen molar-refractivity contribution in [2.24, 2.45) is 0 Å². The molecule has 1 rings (SSSR count). The van der Waals surface area contributed by atoms with Gasteiger partial charge in [0.25, 0.3) is 5.91 Å². The van der Waals surface area contributed by atoms with Gasteiger partial charge < -0.3 is 15.2 Å². The van der Waals surface area contributed by atoms with Crippen molar-refractivity contribution in [1.82, 2.24) is 5.32 Å². The van der Waals surface area contributed by atoms with Crippen molar-refractivity contribution in [2.75, 3.05) is 20.3 Å². The standard InChI is InChI=1S/C11H16BrNO3S/c1-11(15,5-6-16-2)7-13-10(14)8-3-4-9(12)17-8/h3-4,15H,5-7H2,1-2H3,(H,13,14). The first-order valence-electron chi connectivity index (χ1n) is 5.19. The molecule has 1 unspecified atom stereocenters. The minimum atomic E-state index is -0.944. The summed E-state index contributed by atoms with van der Waals surface area (Å²) in [4.78, 5) is 12.3. The number of hydrogen-bond donors (Lipinski definition) is 2. The predicted molar refractivity (Wildman–Crippen MR) is 71.5 cm³/mol. The van der Waals surface area contributed by atoms with Crippen LogP contribution in [0, 0.1) is 0 Å². The van der Waals surface area contributed by atoms with Gasteiger partial charge in [0.1, 0.15) is 0 Å². The molecule has 0 spiro atoms. The average molecular weight is 322 g/mol. The Bertz CT molecular complexity index is 379. The number of carbonyl (C=O) groups is 1. The Kier molecular flexibility index (Phi) is 5.58. The molecule has 0 saturated heterocycles. The van der Waals surface area contributed by atoms with E-state index in [0.717, 1.165) is 3.79 Å². The summed E-state index contributed by atoms with van der Waals surface area (Å²) in [6, 6.07) is 3.57. The molecule has 0 radical (unpaired) electrons. The number of halogens is 1. The van der Waals surface area contributed by atoms with Gasteiger partial charge in [-0.3, -0.25) is 4.79 Å². The molecule has 1 heterocycles. The van der Waals surface area contributed by atoms with Crippen LogP contribution in [0.2, 0.25) is 0 Å². The fourth-order valence-corrected chi connectivity index (χ4v) is 2.51. The van der Waals surface area contributed by atoms with E-state index in [2.05, 4.69) is 21.2 Å². The third-order valence-corrected chi connectivity index (χ3v) is 3.89. The Balaban J connectivity index is 2.42. The molecule has 0 fully saturated rings. The van der Waals surface area contributed by atoms with E-state index in [1.54, 1.807) is 20.1 Å². The van der Waals surface area contributed by atoms with Gasteiger partial charge in [-0.1, -0.05) is 0 Å². The minimum absolute atomic E-state index is 0.168. The number of aliphatic hydroxyl groups is 1. The van der Waals surface area contributed by atoms with E-state index in [9.17, 15) is 9.90 Å². The van der Waals surface area contributed by atoms with E-state index in [-0.39, 0.29) is 12.5 Å². The van der Waals surface area contributed by atoms with Gasteiger partial charge in [-0.2, -0.15) is 0 Å². The Morgan fingerprint density at radius 1 is 1.65 bits per heavy atom. The fourth-order valence-electron chi connectivity index (χ4n) is 1.20. The van der Waals surface area contributed by atoms with Crippen molar-refractivity contribution in [1.29, 1.82) is 0 Å². The zero-order chi connectivity index (χ0) is 12.9. The van der Waals surface area contributed by atoms with Gasteiger partial charge in [-0.05, 0) is 35.0 Å². The van der Waals surface area contributed by atoms with Crippen molar-refractivity contribution < 1.29 is 14.6 Å². The van der Waals surface area contributed by atoms with E-state index >= 15 is 0 Å². The van der Waals surface area contributed by atoms with Crippen LogP contribution < -0.4 is 5.32 Å². The van der Waals surface area contributed by atoms with Crippen LogP contribution in [-0.2, 0) is 4.74 Å². The van der Waals surface area contributed by atoms with Crippen molar-refractivity contribution >= 4 is 33.2 Å². The van der Waals surface area contributed by atoms with Crippen LogP contribution in [0.3, 0.4) is 0 Å². The number of rotatable bonds is 6. The topological polar surface area (TPSA) is 58.6 Å². The molecule has 17 heavy (non-hydrogen) atoms. The second-order valence-electron chi connectivity index (χ2n) is 4.03. The zero-order valence-corrected chi connectivity index (χ0v) is 12.2. The Morgan fingerprint density at radius 2 is 2.35 bits per heavy atom. The molecule has 1 atom stereocenters. The first-order valence-corrected chi connectivity index (χ1v) is 6.80. The van der Waals surface area contributed by atoms with Crippen LogP contribution in [0.1, 0.15) is 23.0 Å². The van der Waals surface area contributed by atoms with Gasteiger partial charge in [0.05, 0.1) is 14.3 Å². The smallest absolute Gasteiger partial charge is 0.261 e. The van der Waals surface area contributed by atoms with Crippen LogP contribution in [0.25, 0.3) is 0 Å². The molecule has 1 amide bonds. The third kappa shape index (κ3) is 5.16. The number of methoxy groups -OCH3 is 1. The SMILES string of the molecule is COCCC(C)(O)CNC(=O)c1ccc(Br)s1. The fraction of sp³-hybridized carbons (Fsp3) is 0.545. The second-order valence-corrected chi connectivity index (χ2v) is 6.49. The maximum absolute atomic E-state index is 11.7. The lowest BCUT2D eigenvalue weighted by molar-refractivity contribution is 0.0244. The van der Waals surface area contributed by atoms with Gasteiger partial charge in [-0.25, -0.2) is 0 Å². The highest BCUT2D eigenvalue weighted by atomic mass is 79.9. The van der Waals surface area contributed by atoms with Gasteiger partial charge >= 0.3 is 0 Å². The molecular formula is C11H16BrNO3S. The molecule has 2 N–H and O–H groups in total. The lowest BCUT2D eigenvalue weighted by Crippen LogP contribution is -2.41. The summed E-state index contributed by atoms with van der Waals surface area (Å²) in [6.07, 6.45) is 0.484. The number of carbonyl (C=O) groups excluding carboxylic acids is 1. The summed E-state index contributed by atoms with van der Waals surface area (Å²) in [5.74, 6) is -0.168. The lowest BCUT2D eigenvalue weighted by atomic mass is 10.0. The zero-order valence-electron chi connectivity index (χ0n) is 9.83. The predicted octanol–water partition coefficient (Wildman–Crippen LogP) is 2.03. The van der Waals surface area contributed by atoms with Gasteiger partial charge in [0.15, 0.2) is 0 Å². The number of ether oxygens (including phenoxy) is 1. The normalized spacial score (nSPS) is 14.4. The maximum Gasteiger partial charge on any atom is 0.261 e. The van der Waals surface area contributed by atoms with Gasteiger partial charge in [-0.15, -0.1) is 11.3 Å². The number of thiophene rings is 1. The van der Waals surface area contributed by atoms with E-state index in [1.807, 2.05) is 6.07 Å². The third-order valence-electron chi connectivity index (χ3n) is 2.27. The van der Waals surface area contributed by atoms with Crippen molar-refractivity contribution in [2.45, 2.75) is 18.9 Å². The van der Waals surface area contributed by atoms with Crippen LogP contribution in [0.15, 0.2) is 15.9 Å². The van der Waals surface area contributed by atoms with Gasteiger partial charge in [0.2, 0.25) is 0 Å². The molecule has 1 aromatic rings. The molecule has 96 valence electrons. The average Bonchev–Trinajstić information content (AvgIpc) is 2.70. The molecule has 0 aliphatic heterocycles. The molecular weight excluding hydrogens is 306 g/mol. The minimum Gasteiger partial charge on any atom is -0.388 e. The summed E-state index contributed by atoms with van der Waals surface area (Å²) in [5, 5.41) is 12.7. The van der Waals surface area contributed by atoms with Crippen LogP contribution in [-0.4, -0.2) is 36.9 Å². The van der Waals surface area contributed by atoms with E-state index < -0.39 is 5.60 Å².